The van der Waals surface area contributed by atoms with Crippen LogP contribution in [0.15, 0.2) is 48.5 Å². The molecule has 0 spiro atoms. The van der Waals surface area contributed by atoms with Crippen LogP contribution in [0.5, 0.6) is 0 Å². The minimum atomic E-state index is 0.569. The number of rotatable bonds is 4. The monoisotopic (exact) mass is 280 g/mol. The Morgan fingerprint density at radius 3 is 2.67 bits per heavy atom. The van der Waals surface area contributed by atoms with Gasteiger partial charge in [0.25, 0.3) is 0 Å². The number of likely N-dealkylation sites (tertiary alicyclic amines) is 1. The van der Waals surface area contributed by atoms with E-state index >= 15 is 0 Å². The second-order valence-corrected chi connectivity index (χ2v) is 6.00. The maximum Gasteiger partial charge on any atom is 0.0352 e. The number of benzene rings is 2. The molecule has 110 valence electrons. The van der Waals surface area contributed by atoms with Crippen LogP contribution in [0, 0.1) is 6.92 Å². The summed E-state index contributed by atoms with van der Waals surface area (Å²) in [6, 6.07) is 18.1. The van der Waals surface area contributed by atoms with E-state index in [1.165, 1.54) is 41.6 Å². The molecule has 1 unspecified atom stereocenters. The van der Waals surface area contributed by atoms with Crippen molar-refractivity contribution in [3.05, 3.63) is 70.8 Å². The van der Waals surface area contributed by atoms with E-state index in [0.717, 1.165) is 6.54 Å². The predicted molar refractivity (Wildman–Crippen MR) is 87.9 cm³/mol. The van der Waals surface area contributed by atoms with Crippen LogP contribution in [0.25, 0.3) is 0 Å². The Balaban J connectivity index is 1.78. The molecule has 1 aliphatic rings. The van der Waals surface area contributed by atoms with E-state index in [9.17, 15) is 0 Å². The van der Waals surface area contributed by atoms with Crippen molar-refractivity contribution in [3.63, 3.8) is 0 Å². The van der Waals surface area contributed by atoms with Crippen LogP contribution in [0.3, 0.4) is 0 Å². The summed E-state index contributed by atoms with van der Waals surface area (Å²) in [6.07, 6.45) is 2.56. The molecule has 0 radical (unpaired) electrons. The number of aryl methyl sites for hydroxylation is 1. The lowest BCUT2D eigenvalue weighted by Gasteiger charge is -2.25. The topological polar surface area (TPSA) is 29.3 Å². The molecule has 0 saturated carbocycles. The molecular weight excluding hydrogens is 256 g/mol. The van der Waals surface area contributed by atoms with Gasteiger partial charge in [0.15, 0.2) is 0 Å². The first-order chi connectivity index (χ1) is 10.3. The molecule has 0 aliphatic carbocycles. The van der Waals surface area contributed by atoms with Crippen LogP contribution in [0.2, 0.25) is 0 Å². The summed E-state index contributed by atoms with van der Waals surface area (Å²) < 4.78 is 0. The van der Waals surface area contributed by atoms with E-state index in [1.54, 1.807) is 0 Å². The molecule has 1 aliphatic heterocycles. The van der Waals surface area contributed by atoms with Crippen molar-refractivity contribution >= 4 is 0 Å². The van der Waals surface area contributed by atoms with Crippen LogP contribution in [0.1, 0.15) is 41.1 Å². The summed E-state index contributed by atoms with van der Waals surface area (Å²) in [6.45, 7) is 5.05. The fraction of sp³-hybridized carbons (Fsp3) is 0.368. The number of hydrogen-bond donors (Lipinski definition) is 1. The highest BCUT2D eigenvalue weighted by Crippen LogP contribution is 2.33. The SMILES string of the molecule is Cc1cc(CN)ccc1CN1CCCC1c1ccccc1. The van der Waals surface area contributed by atoms with Gasteiger partial charge in [0.2, 0.25) is 0 Å². The third-order valence-electron chi connectivity index (χ3n) is 4.56. The lowest BCUT2D eigenvalue weighted by molar-refractivity contribution is 0.248. The zero-order valence-corrected chi connectivity index (χ0v) is 12.8. The van der Waals surface area contributed by atoms with Gasteiger partial charge in [-0.2, -0.15) is 0 Å². The lowest BCUT2D eigenvalue weighted by atomic mass is 10.0. The molecule has 0 amide bonds. The quantitative estimate of drug-likeness (QED) is 0.923. The first-order valence-electron chi connectivity index (χ1n) is 7.85. The van der Waals surface area contributed by atoms with Crippen molar-refractivity contribution in [3.8, 4) is 0 Å². The highest BCUT2D eigenvalue weighted by molar-refractivity contribution is 5.31. The van der Waals surface area contributed by atoms with Crippen molar-refractivity contribution in [2.24, 2.45) is 5.73 Å². The van der Waals surface area contributed by atoms with Crippen molar-refractivity contribution < 1.29 is 0 Å². The van der Waals surface area contributed by atoms with Gasteiger partial charge in [-0.25, -0.2) is 0 Å². The van der Waals surface area contributed by atoms with E-state index in [1.807, 2.05) is 0 Å². The van der Waals surface area contributed by atoms with Crippen molar-refractivity contribution in [2.75, 3.05) is 6.54 Å². The first-order valence-corrected chi connectivity index (χ1v) is 7.85. The number of nitrogens with zero attached hydrogens (tertiary/aromatic N) is 1. The molecule has 2 aromatic carbocycles. The molecular formula is C19H24N2. The fourth-order valence-corrected chi connectivity index (χ4v) is 3.35. The number of nitrogens with two attached hydrogens (primary N) is 1. The molecule has 1 fully saturated rings. The van der Waals surface area contributed by atoms with Gasteiger partial charge in [-0.05, 0) is 48.6 Å². The third-order valence-corrected chi connectivity index (χ3v) is 4.56. The lowest BCUT2D eigenvalue weighted by Crippen LogP contribution is -2.23. The molecule has 1 saturated heterocycles. The number of hydrogen-bond acceptors (Lipinski definition) is 2. The highest BCUT2D eigenvalue weighted by Gasteiger charge is 2.25. The van der Waals surface area contributed by atoms with Crippen LogP contribution in [-0.4, -0.2) is 11.4 Å². The summed E-state index contributed by atoms with van der Waals surface area (Å²) in [4.78, 5) is 2.61. The summed E-state index contributed by atoms with van der Waals surface area (Å²) in [5, 5.41) is 0. The van der Waals surface area contributed by atoms with Gasteiger partial charge in [0, 0.05) is 19.1 Å². The molecule has 0 bridgehead atoms. The van der Waals surface area contributed by atoms with Crippen LogP contribution in [-0.2, 0) is 13.1 Å². The Morgan fingerprint density at radius 2 is 1.95 bits per heavy atom. The van der Waals surface area contributed by atoms with E-state index in [0.29, 0.717) is 12.6 Å². The molecule has 1 heterocycles. The van der Waals surface area contributed by atoms with E-state index in [4.69, 9.17) is 5.73 Å². The standard InChI is InChI=1S/C19H24N2/c1-15-12-16(13-20)9-10-18(15)14-21-11-5-8-19(21)17-6-3-2-4-7-17/h2-4,6-7,9-10,12,19H,5,8,11,13-14,20H2,1H3. The Bertz CT molecular complexity index is 592. The van der Waals surface area contributed by atoms with E-state index in [2.05, 4.69) is 60.4 Å². The average molecular weight is 280 g/mol. The van der Waals surface area contributed by atoms with Crippen LogP contribution >= 0.6 is 0 Å². The van der Waals surface area contributed by atoms with Crippen LogP contribution < -0.4 is 5.73 Å². The third kappa shape index (κ3) is 3.17. The summed E-state index contributed by atoms with van der Waals surface area (Å²) in [5.41, 5.74) is 11.2. The van der Waals surface area contributed by atoms with Crippen molar-refractivity contribution in [1.29, 1.82) is 0 Å². The summed E-state index contributed by atoms with van der Waals surface area (Å²) in [5.74, 6) is 0. The normalized spacial score (nSPS) is 19.0. The van der Waals surface area contributed by atoms with Gasteiger partial charge in [-0.1, -0.05) is 48.5 Å². The van der Waals surface area contributed by atoms with Crippen molar-refractivity contribution in [1.82, 2.24) is 4.90 Å². The summed E-state index contributed by atoms with van der Waals surface area (Å²) in [7, 11) is 0. The molecule has 21 heavy (non-hydrogen) atoms. The van der Waals surface area contributed by atoms with E-state index in [-0.39, 0.29) is 0 Å². The van der Waals surface area contributed by atoms with Gasteiger partial charge >= 0.3 is 0 Å². The molecule has 2 nitrogen and oxygen atoms in total. The minimum Gasteiger partial charge on any atom is -0.326 e. The maximum absolute atomic E-state index is 5.72. The largest absolute Gasteiger partial charge is 0.326 e. The molecule has 3 rings (SSSR count). The molecule has 2 N–H and O–H groups in total. The van der Waals surface area contributed by atoms with Crippen molar-refractivity contribution in [2.45, 2.75) is 38.9 Å². The first kappa shape index (κ1) is 14.3. The zero-order chi connectivity index (χ0) is 14.7. The second kappa shape index (κ2) is 6.42. The Kier molecular flexibility index (Phi) is 4.37. The average Bonchev–Trinajstić information content (AvgIpc) is 2.98. The van der Waals surface area contributed by atoms with Crippen LogP contribution in [0.4, 0.5) is 0 Å². The minimum absolute atomic E-state index is 0.569. The Labute approximate surface area is 127 Å². The molecule has 1 atom stereocenters. The fourth-order valence-electron chi connectivity index (χ4n) is 3.35. The van der Waals surface area contributed by atoms with Gasteiger partial charge in [-0.3, -0.25) is 4.90 Å². The molecule has 2 heteroatoms. The molecule has 2 aromatic rings. The van der Waals surface area contributed by atoms with Gasteiger partial charge < -0.3 is 5.73 Å². The summed E-state index contributed by atoms with van der Waals surface area (Å²) >= 11 is 0. The maximum atomic E-state index is 5.72. The molecule has 0 aromatic heterocycles. The van der Waals surface area contributed by atoms with Gasteiger partial charge in [-0.15, -0.1) is 0 Å². The second-order valence-electron chi connectivity index (χ2n) is 6.00. The Hall–Kier alpha value is -1.64. The smallest absolute Gasteiger partial charge is 0.0352 e. The zero-order valence-electron chi connectivity index (χ0n) is 12.8. The van der Waals surface area contributed by atoms with Gasteiger partial charge in [0.05, 0.1) is 0 Å². The highest BCUT2D eigenvalue weighted by atomic mass is 15.2. The Morgan fingerprint density at radius 1 is 1.14 bits per heavy atom. The van der Waals surface area contributed by atoms with Gasteiger partial charge in [0.1, 0.15) is 0 Å². The van der Waals surface area contributed by atoms with E-state index < -0.39 is 0 Å². The predicted octanol–water partition coefficient (Wildman–Crippen LogP) is 3.79.